The van der Waals surface area contributed by atoms with E-state index in [1.807, 2.05) is 6.07 Å². The number of nitrogens with one attached hydrogen (secondary N) is 1. The van der Waals surface area contributed by atoms with Crippen LogP contribution >= 0.6 is 0 Å². The van der Waals surface area contributed by atoms with E-state index in [4.69, 9.17) is 11.0 Å². The first-order chi connectivity index (χ1) is 9.12. The lowest BCUT2D eigenvalue weighted by atomic mass is 9.97. The van der Waals surface area contributed by atoms with Crippen molar-refractivity contribution in [2.75, 3.05) is 11.9 Å². The first-order valence-corrected chi connectivity index (χ1v) is 6.14. The quantitative estimate of drug-likeness (QED) is 0.627. The molecule has 0 spiro atoms. The van der Waals surface area contributed by atoms with E-state index < -0.39 is 4.92 Å². The van der Waals surface area contributed by atoms with Gasteiger partial charge in [0.25, 0.3) is 0 Å². The number of pyridine rings is 1. The number of hydrogen-bond donors (Lipinski definition) is 2. The highest BCUT2D eigenvalue weighted by Gasteiger charge is 2.35. The molecule has 0 amide bonds. The molecule has 1 fully saturated rings. The molecule has 1 saturated carbocycles. The minimum atomic E-state index is -0.576. The molecule has 1 aliphatic carbocycles. The predicted octanol–water partition coefficient (Wildman–Crippen LogP) is 1.54. The molecule has 7 heteroatoms. The van der Waals surface area contributed by atoms with Gasteiger partial charge in [0, 0.05) is 12.7 Å². The maximum atomic E-state index is 11.1. The Morgan fingerprint density at radius 2 is 2.26 bits per heavy atom. The Kier molecular flexibility index (Phi) is 3.62. The fraction of sp³-hybridized carbons (Fsp3) is 0.500. The topological polar surface area (TPSA) is 118 Å². The van der Waals surface area contributed by atoms with Gasteiger partial charge in [-0.1, -0.05) is 12.8 Å². The molecule has 1 aromatic rings. The number of nitro groups is 1. The van der Waals surface area contributed by atoms with Crippen LogP contribution in [0.25, 0.3) is 0 Å². The number of hydrogen-bond acceptors (Lipinski definition) is 6. The monoisotopic (exact) mass is 261 g/mol. The van der Waals surface area contributed by atoms with Crippen molar-refractivity contribution >= 4 is 11.5 Å². The van der Waals surface area contributed by atoms with Crippen molar-refractivity contribution in [1.29, 1.82) is 5.26 Å². The zero-order valence-corrected chi connectivity index (χ0v) is 10.4. The van der Waals surface area contributed by atoms with Crippen molar-refractivity contribution < 1.29 is 4.92 Å². The van der Waals surface area contributed by atoms with Gasteiger partial charge in [-0.2, -0.15) is 5.26 Å². The number of nitrogens with two attached hydrogens (primary N) is 1. The summed E-state index contributed by atoms with van der Waals surface area (Å²) in [5.41, 5.74) is 5.18. The smallest absolute Gasteiger partial charge is 0.328 e. The number of aromatic nitrogens is 1. The fourth-order valence-corrected chi connectivity index (χ4v) is 2.50. The lowest BCUT2D eigenvalue weighted by Crippen LogP contribution is -2.43. The molecule has 0 aliphatic heterocycles. The summed E-state index contributed by atoms with van der Waals surface area (Å²) in [5.74, 6) is 0.136. The number of nitrogens with zero attached hydrogens (tertiary/aromatic N) is 3. The van der Waals surface area contributed by atoms with Gasteiger partial charge < -0.3 is 11.1 Å². The average molecular weight is 261 g/mol. The van der Waals surface area contributed by atoms with Crippen molar-refractivity contribution in [3.05, 3.63) is 27.9 Å². The molecule has 0 atom stereocenters. The van der Waals surface area contributed by atoms with Crippen LogP contribution in [0.4, 0.5) is 11.5 Å². The van der Waals surface area contributed by atoms with Crippen LogP contribution in [0.5, 0.6) is 0 Å². The lowest BCUT2D eigenvalue weighted by Gasteiger charge is -2.29. The third kappa shape index (κ3) is 2.48. The summed E-state index contributed by atoms with van der Waals surface area (Å²) in [6.45, 7) is 0.391. The number of anilines is 1. The van der Waals surface area contributed by atoms with Crippen molar-refractivity contribution in [1.82, 2.24) is 4.98 Å². The average Bonchev–Trinajstić information content (AvgIpc) is 2.87. The highest BCUT2D eigenvalue weighted by atomic mass is 16.6. The van der Waals surface area contributed by atoms with Crippen LogP contribution in [-0.2, 0) is 0 Å². The maximum absolute atomic E-state index is 11.1. The molecular formula is C12H15N5O2. The van der Waals surface area contributed by atoms with Crippen molar-refractivity contribution in [2.24, 2.45) is 5.73 Å². The zero-order chi connectivity index (χ0) is 13.9. The first kappa shape index (κ1) is 13.2. The van der Waals surface area contributed by atoms with Gasteiger partial charge in [-0.05, 0) is 18.9 Å². The molecule has 1 aromatic heterocycles. The second-order valence-electron chi connectivity index (χ2n) is 4.74. The van der Waals surface area contributed by atoms with Gasteiger partial charge in [-0.3, -0.25) is 10.1 Å². The Labute approximate surface area is 110 Å². The molecule has 0 aromatic carbocycles. The molecule has 0 unspecified atom stereocenters. The minimum Gasteiger partial charge on any atom is -0.358 e. The highest BCUT2D eigenvalue weighted by Crippen LogP contribution is 2.35. The normalized spacial score (nSPS) is 16.8. The molecule has 1 aliphatic rings. The lowest BCUT2D eigenvalue weighted by molar-refractivity contribution is -0.384. The molecule has 19 heavy (non-hydrogen) atoms. The molecule has 0 radical (unpaired) electrons. The SMILES string of the molecule is N#Cc1ccnc(NC2(CN)CCCC2)c1[N+](=O)[O-]. The summed E-state index contributed by atoms with van der Waals surface area (Å²) in [6.07, 6.45) is 5.19. The summed E-state index contributed by atoms with van der Waals surface area (Å²) in [5, 5.41) is 23.2. The second-order valence-corrected chi connectivity index (χ2v) is 4.74. The Bertz CT molecular complexity index is 531. The summed E-state index contributed by atoms with van der Waals surface area (Å²) in [6, 6.07) is 3.16. The van der Waals surface area contributed by atoms with E-state index in [-0.39, 0.29) is 22.6 Å². The highest BCUT2D eigenvalue weighted by molar-refractivity contribution is 5.65. The van der Waals surface area contributed by atoms with Crippen LogP contribution in [0, 0.1) is 21.4 Å². The third-order valence-corrected chi connectivity index (χ3v) is 3.56. The first-order valence-electron chi connectivity index (χ1n) is 6.14. The van der Waals surface area contributed by atoms with E-state index in [2.05, 4.69) is 10.3 Å². The fourth-order valence-electron chi connectivity index (χ4n) is 2.50. The maximum Gasteiger partial charge on any atom is 0.328 e. The van der Waals surface area contributed by atoms with E-state index in [1.54, 1.807) is 0 Å². The predicted molar refractivity (Wildman–Crippen MR) is 69.5 cm³/mol. The standard InChI is InChI=1S/C12H15N5O2/c13-7-9-3-6-15-11(10(9)17(18)19)16-12(8-14)4-1-2-5-12/h3,6H,1-2,4-5,8,14H2,(H,15,16). The third-order valence-electron chi connectivity index (χ3n) is 3.56. The van der Waals surface area contributed by atoms with Crippen molar-refractivity contribution in [3.8, 4) is 6.07 Å². The van der Waals surface area contributed by atoms with E-state index in [0.717, 1.165) is 25.7 Å². The Morgan fingerprint density at radius 3 is 2.79 bits per heavy atom. The van der Waals surface area contributed by atoms with Gasteiger partial charge in [-0.15, -0.1) is 0 Å². The van der Waals surface area contributed by atoms with Gasteiger partial charge in [0.15, 0.2) is 0 Å². The Hall–Kier alpha value is -2.20. The Balaban J connectivity index is 2.40. The van der Waals surface area contributed by atoms with Crippen LogP contribution in [0.2, 0.25) is 0 Å². The van der Waals surface area contributed by atoms with E-state index in [0.29, 0.717) is 6.54 Å². The van der Waals surface area contributed by atoms with Crippen LogP contribution < -0.4 is 11.1 Å². The minimum absolute atomic E-state index is 0.00710. The number of nitriles is 1. The molecule has 1 heterocycles. The largest absolute Gasteiger partial charge is 0.358 e. The molecule has 0 saturated heterocycles. The van der Waals surface area contributed by atoms with Crippen LogP contribution in [0.1, 0.15) is 31.2 Å². The van der Waals surface area contributed by atoms with Gasteiger partial charge in [0.2, 0.25) is 5.82 Å². The van der Waals surface area contributed by atoms with Gasteiger partial charge in [0.05, 0.1) is 10.5 Å². The molecule has 3 N–H and O–H groups in total. The van der Waals surface area contributed by atoms with Gasteiger partial charge in [0.1, 0.15) is 11.6 Å². The Morgan fingerprint density at radius 1 is 1.58 bits per heavy atom. The molecule has 100 valence electrons. The van der Waals surface area contributed by atoms with Crippen LogP contribution in [-0.4, -0.2) is 22.0 Å². The summed E-state index contributed by atoms with van der Waals surface area (Å²) < 4.78 is 0. The van der Waals surface area contributed by atoms with E-state index >= 15 is 0 Å². The zero-order valence-electron chi connectivity index (χ0n) is 10.4. The van der Waals surface area contributed by atoms with Crippen LogP contribution in [0.15, 0.2) is 12.3 Å². The van der Waals surface area contributed by atoms with Crippen molar-refractivity contribution in [2.45, 2.75) is 31.2 Å². The van der Waals surface area contributed by atoms with Gasteiger partial charge >= 0.3 is 5.69 Å². The second kappa shape index (κ2) is 5.20. The van der Waals surface area contributed by atoms with Crippen molar-refractivity contribution in [3.63, 3.8) is 0 Å². The molecule has 2 rings (SSSR count). The molecular weight excluding hydrogens is 246 g/mol. The molecule has 0 bridgehead atoms. The summed E-state index contributed by atoms with van der Waals surface area (Å²) in [7, 11) is 0. The molecule has 7 nitrogen and oxygen atoms in total. The number of rotatable bonds is 4. The van der Waals surface area contributed by atoms with E-state index in [9.17, 15) is 10.1 Å². The van der Waals surface area contributed by atoms with Gasteiger partial charge in [-0.25, -0.2) is 4.98 Å². The summed E-state index contributed by atoms with van der Waals surface area (Å²) in [4.78, 5) is 14.5. The summed E-state index contributed by atoms with van der Waals surface area (Å²) >= 11 is 0. The van der Waals surface area contributed by atoms with E-state index in [1.165, 1.54) is 12.3 Å². The van der Waals surface area contributed by atoms with Crippen LogP contribution in [0.3, 0.4) is 0 Å².